The Morgan fingerprint density at radius 1 is 1.15 bits per heavy atom. The Kier molecular flexibility index (Phi) is 4.77. The third-order valence-corrected chi connectivity index (χ3v) is 8.96. The molecule has 0 radical (unpaired) electrons. The van der Waals surface area contributed by atoms with Crippen molar-refractivity contribution in [3.63, 3.8) is 0 Å². The van der Waals surface area contributed by atoms with Gasteiger partial charge in [-0.2, -0.15) is 13.9 Å². The van der Waals surface area contributed by atoms with Gasteiger partial charge < -0.3 is 20.1 Å². The summed E-state index contributed by atoms with van der Waals surface area (Å²) in [6, 6.07) is 6.31. The van der Waals surface area contributed by atoms with Crippen molar-refractivity contribution in [2.75, 3.05) is 20.3 Å². The second-order valence-electron chi connectivity index (χ2n) is 11.5. The van der Waals surface area contributed by atoms with Crippen molar-refractivity contribution in [1.29, 1.82) is 0 Å². The molecule has 2 fully saturated rings. The number of benzene rings is 1. The Morgan fingerprint density at radius 3 is 2.62 bits per heavy atom. The molecule has 3 aromatic heterocycles. The van der Waals surface area contributed by atoms with E-state index in [1.54, 1.807) is 47.3 Å². The summed E-state index contributed by atoms with van der Waals surface area (Å²) < 4.78 is 38.6. The van der Waals surface area contributed by atoms with Crippen LogP contribution >= 0.6 is 0 Å². The molecule has 40 heavy (non-hydrogen) atoms. The molecule has 4 aliphatic rings. The zero-order valence-corrected chi connectivity index (χ0v) is 21.6. The van der Waals surface area contributed by atoms with Gasteiger partial charge in [0, 0.05) is 53.0 Å². The van der Waals surface area contributed by atoms with Crippen LogP contribution < -0.4 is 10.5 Å². The number of ether oxygens (including phenoxy) is 2. The number of halogens is 2. The van der Waals surface area contributed by atoms with E-state index in [1.807, 2.05) is 6.07 Å². The molecule has 12 heteroatoms. The van der Waals surface area contributed by atoms with Crippen LogP contribution in [0.25, 0.3) is 16.8 Å². The predicted molar refractivity (Wildman–Crippen MR) is 137 cm³/mol. The number of aromatic nitrogens is 5. The summed E-state index contributed by atoms with van der Waals surface area (Å²) in [5.41, 5.74) is 10.8. The Balaban J connectivity index is 1.20. The molecule has 1 amide bonds. The lowest BCUT2D eigenvalue weighted by atomic mass is 9.56. The van der Waals surface area contributed by atoms with Crippen LogP contribution in [0.1, 0.15) is 64.2 Å². The maximum Gasteiger partial charge on any atom is 0.387 e. The van der Waals surface area contributed by atoms with Crippen LogP contribution in [0.3, 0.4) is 0 Å². The summed E-state index contributed by atoms with van der Waals surface area (Å²) in [6.45, 7) is -1.52. The largest absolute Gasteiger partial charge is 0.434 e. The molecule has 10 nitrogen and oxygen atoms in total. The number of carbonyl (C=O) groups excluding carboxylic acids is 1. The number of amides is 1. The van der Waals surface area contributed by atoms with Crippen molar-refractivity contribution >= 4 is 11.4 Å². The standard InChI is InChI=1S/C28H25F2N7O3/c1-36-19-5-16(21-15(24(36)38)3-2-4-20(21)40-26(29)30)22-18-6-17(34-13-37(18)35-23(19)22)14-7-32-25(33-8-14)28(31)9-27(10-28)11-39-12-27/h2-4,6-8,13,16,19,26H,5,9-12,31H2,1H3. The van der Waals surface area contributed by atoms with E-state index in [-0.39, 0.29) is 29.0 Å². The van der Waals surface area contributed by atoms with E-state index in [0.717, 1.165) is 48.4 Å². The molecule has 4 aromatic rings. The molecule has 8 rings (SSSR count). The maximum atomic E-state index is 13.4. The van der Waals surface area contributed by atoms with Crippen molar-refractivity contribution in [3.05, 3.63) is 71.2 Å². The molecule has 2 N–H and O–H groups in total. The normalized spacial score (nSPS) is 23.5. The summed E-state index contributed by atoms with van der Waals surface area (Å²) >= 11 is 0. The van der Waals surface area contributed by atoms with E-state index in [1.165, 1.54) is 6.07 Å². The minimum absolute atomic E-state index is 0.00678. The number of hydrogen-bond acceptors (Lipinski definition) is 8. The second-order valence-corrected chi connectivity index (χ2v) is 11.5. The summed E-state index contributed by atoms with van der Waals surface area (Å²) in [7, 11) is 1.72. The number of carbonyl (C=O) groups is 1. The van der Waals surface area contributed by atoms with E-state index in [0.29, 0.717) is 29.1 Å². The molecular weight excluding hydrogens is 520 g/mol. The first-order valence-corrected chi connectivity index (χ1v) is 13.2. The van der Waals surface area contributed by atoms with Crippen LogP contribution in [0, 0.1) is 5.41 Å². The second kappa shape index (κ2) is 8.01. The Hall–Kier alpha value is -4.03. The number of nitrogens with two attached hydrogens (primary N) is 1. The third-order valence-electron chi connectivity index (χ3n) is 8.96. The Labute approximate surface area is 227 Å². The Bertz CT molecular complexity index is 1690. The van der Waals surface area contributed by atoms with Gasteiger partial charge in [0.15, 0.2) is 0 Å². The van der Waals surface area contributed by atoms with E-state index in [2.05, 4.69) is 15.0 Å². The predicted octanol–water partition coefficient (Wildman–Crippen LogP) is 3.41. The fraction of sp³-hybridized carbons (Fsp3) is 0.393. The van der Waals surface area contributed by atoms with Gasteiger partial charge in [0.2, 0.25) is 0 Å². The van der Waals surface area contributed by atoms with Crippen LogP contribution in [0.4, 0.5) is 8.78 Å². The van der Waals surface area contributed by atoms with E-state index >= 15 is 0 Å². The van der Waals surface area contributed by atoms with E-state index < -0.39 is 12.2 Å². The van der Waals surface area contributed by atoms with Crippen molar-refractivity contribution in [1.82, 2.24) is 29.5 Å². The molecule has 1 aromatic carbocycles. The number of alkyl halides is 2. The van der Waals surface area contributed by atoms with Gasteiger partial charge in [-0.25, -0.2) is 19.5 Å². The average molecular weight is 546 g/mol. The molecule has 2 aliphatic carbocycles. The van der Waals surface area contributed by atoms with E-state index in [9.17, 15) is 13.6 Å². The topological polar surface area (TPSA) is 121 Å². The van der Waals surface area contributed by atoms with Crippen LogP contribution in [0.5, 0.6) is 5.75 Å². The first-order valence-electron chi connectivity index (χ1n) is 13.2. The zero-order chi connectivity index (χ0) is 27.4. The maximum absolute atomic E-state index is 13.4. The smallest absolute Gasteiger partial charge is 0.387 e. The van der Waals surface area contributed by atoms with Crippen molar-refractivity contribution in [2.24, 2.45) is 11.1 Å². The first-order chi connectivity index (χ1) is 19.3. The average Bonchev–Trinajstić information content (AvgIpc) is 3.43. The molecule has 1 saturated heterocycles. The van der Waals surface area contributed by atoms with Gasteiger partial charge in [0.1, 0.15) is 17.9 Å². The summed E-state index contributed by atoms with van der Waals surface area (Å²) in [6.07, 6.45) is 7.22. The van der Waals surface area contributed by atoms with E-state index in [4.69, 9.17) is 20.3 Å². The highest BCUT2D eigenvalue weighted by atomic mass is 19.3. The number of rotatable bonds is 4. The fourth-order valence-corrected chi connectivity index (χ4v) is 7.19. The Morgan fingerprint density at radius 2 is 1.93 bits per heavy atom. The number of fused-ring (bicyclic) bond motifs is 9. The fourth-order valence-electron chi connectivity index (χ4n) is 7.19. The van der Waals surface area contributed by atoms with Gasteiger partial charge >= 0.3 is 6.61 Å². The molecule has 5 heterocycles. The molecule has 2 atom stereocenters. The molecule has 2 bridgehead atoms. The minimum Gasteiger partial charge on any atom is -0.434 e. The van der Waals surface area contributed by atoms with Crippen LogP contribution in [-0.2, 0) is 10.3 Å². The highest BCUT2D eigenvalue weighted by molar-refractivity contribution is 5.98. The number of hydrogen-bond donors (Lipinski definition) is 1. The molecule has 1 spiro atoms. The molecule has 1 saturated carbocycles. The lowest BCUT2D eigenvalue weighted by Crippen LogP contribution is -2.64. The minimum atomic E-state index is -3.01. The van der Waals surface area contributed by atoms with Crippen molar-refractivity contribution < 1.29 is 23.0 Å². The zero-order valence-electron chi connectivity index (χ0n) is 21.6. The van der Waals surface area contributed by atoms with Gasteiger partial charge in [-0.3, -0.25) is 4.79 Å². The SMILES string of the molecule is CN1C(=O)c2cccc(OC(F)F)c2C2CC1c1nn3cnc(-c4cnc(C5(N)CC6(COC6)C5)nc4)cc3c12. The molecular formula is C28H25F2N7O3. The van der Waals surface area contributed by atoms with Gasteiger partial charge in [0.05, 0.1) is 41.7 Å². The molecule has 204 valence electrons. The van der Waals surface area contributed by atoms with Gasteiger partial charge in [-0.1, -0.05) is 6.07 Å². The first kappa shape index (κ1) is 23.8. The molecule has 2 unspecified atom stereocenters. The summed E-state index contributed by atoms with van der Waals surface area (Å²) in [4.78, 5) is 28.7. The monoisotopic (exact) mass is 545 g/mol. The van der Waals surface area contributed by atoms with Gasteiger partial charge in [-0.05, 0) is 37.5 Å². The number of nitrogens with zero attached hydrogens (tertiary/aromatic N) is 6. The van der Waals surface area contributed by atoms with Crippen LogP contribution in [0.2, 0.25) is 0 Å². The quantitative estimate of drug-likeness (QED) is 0.414. The van der Waals surface area contributed by atoms with Crippen molar-refractivity contribution in [3.8, 4) is 17.0 Å². The molecule has 2 aliphatic heterocycles. The third kappa shape index (κ3) is 3.23. The summed E-state index contributed by atoms with van der Waals surface area (Å²) in [5.74, 6) is 0.0120. The van der Waals surface area contributed by atoms with Crippen LogP contribution in [-0.4, -0.2) is 62.2 Å². The summed E-state index contributed by atoms with van der Waals surface area (Å²) in [5, 5.41) is 4.77. The highest BCUT2D eigenvalue weighted by Crippen LogP contribution is 2.56. The lowest BCUT2D eigenvalue weighted by molar-refractivity contribution is -0.189. The van der Waals surface area contributed by atoms with Gasteiger partial charge in [0.25, 0.3) is 5.91 Å². The van der Waals surface area contributed by atoms with Crippen molar-refractivity contribution in [2.45, 2.75) is 43.4 Å². The lowest BCUT2D eigenvalue weighted by Gasteiger charge is -2.57. The highest BCUT2D eigenvalue weighted by Gasteiger charge is 2.58. The van der Waals surface area contributed by atoms with Gasteiger partial charge in [-0.15, -0.1) is 0 Å². The van der Waals surface area contributed by atoms with Crippen LogP contribution in [0.15, 0.2) is 43.0 Å².